The summed E-state index contributed by atoms with van der Waals surface area (Å²) in [4.78, 5) is 2.38. The molecule has 10 aromatic rings. The van der Waals surface area contributed by atoms with Gasteiger partial charge in [0.2, 0.25) is 0 Å². The van der Waals surface area contributed by atoms with Gasteiger partial charge in [-0.2, -0.15) is 0 Å². The smallest absolute Gasteiger partial charge is 0.0547 e. The van der Waals surface area contributed by atoms with Crippen LogP contribution >= 0.6 is 0 Å². The molecule has 2 heteroatoms. The van der Waals surface area contributed by atoms with Crippen LogP contribution in [0, 0.1) is 0 Å². The van der Waals surface area contributed by atoms with E-state index in [0.717, 1.165) is 22.7 Å². The fraction of sp³-hybridized carbons (Fsp3) is 0.0566. The fourth-order valence-corrected chi connectivity index (χ4v) is 9.21. The normalized spacial score (nSPS) is 13.1. The van der Waals surface area contributed by atoms with E-state index in [1.807, 2.05) is 0 Å². The molecule has 0 N–H and O–H groups in total. The first kappa shape index (κ1) is 31.6. The predicted octanol–water partition coefficient (Wildman–Crippen LogP) is 14.5. The molecule has 0 bridgehead atoms. The number of nitrogens with zero attached hydrogens (tertiary/aromatic N) is 2. The summed E-state index contributed by atoms with van der Waals surface area (Å²) in [5.74, 6) is 0. The van der Waals surface area contributed by atoms with Crippen molar-refractivity contribution in [2.75, 3.05) is 4.90 Å². The molecule has 0 saturated heterocycles. The third-order valence-electron chi connectivity index (χ3n) is 11.9. The lowest BCUT2D eigenvalue weighted by atomic mass is 9.82. The highest BCUT2D eigenvalue weighted by Gasteiger charge is 2.36. The Balaban J connectivity index is 0.968. The van der Waals surface area contributed by atoms with Gasteiger partial charge in [0, 0.05) is 38.9 Å². The molecule has 0 unspecified atom stereocenters. The minimum Gasteiger partial charge on any atom is -0.310 e. The molecule has 1 heterocycles. The Labute approximate surface area is 321 Å². The zero-order valence-electron chi connectivity index (χ0n) is 30.9. The number of aromatic nitrogens is 1. The standard InChI is InChI=1S/C53H38N2/c1-53(2)48-30-29-43(34-47(48)46-32-38-13-6-7-14-39(38)33-49(46)53)54(40-15-4-3-5-16-40)41-25-20-35(21-26-41)36-22-27-42(28-23-36)55-50-19-11-10-18-45(50)52-44-17-9-8-12-37(44)24-31-51(52)55/h3-34H,1-2H3. The SMILES string of the molecule is CC1(C)c2ccc(N(c3ccccc3)c3ccc(-c4ccc(-n5c6ccccc6c6c7ccccc7ccc65)cc4)cc3)cc2-c2cc3ccccc3cc21. The molecular weight excluding hydrogens is 665 g/mol. The number of benzene rings is 9. The largest absolute Gasteiger partial charge is 0.310 e. The average Bonchev–Trinajstić information content (AvgIpc) is 3.69. The molecule has 0 radical (unpaired) electrons. The van der Waals surface area contributed by atoms with Crippen LogP contribution in [0.5, 0.6) is 0 Å². The van der Waals surface area contributed by atoms with E-state index in [1.54, 1.807) is 0 Å². The van der Waals surface area contributed by atoms with Gasteiger partial charge in [-0.1, -0.05) is 135 Å². The van der Waals surface area contributed by atoms with Crippen LogP contribution in [-0.4, -0.2) is 4.57 Å². The van der Waals surface area contributed by atoms with Crippen molar-refractivity contribution in [3.63, 3.8) is 0 Å². The van der Waals surface area contributed by atoms with Crippen LogP contribution in [0.3, 0.4) is 0 Å². The maximum atomic E-state index is 2.40. The van der Waals surface area contributed by atoms with Crippen LogP contribution in [0.1, 0.15) is 25.0 Å². The van der Waals surface area contributed by atoms with Crippen LogP contribution < -0.4 is 4.90 Å². The van der Waals surface area contributed by atoms with Crippen molar-refractivity contribution in [1.82, 2.24) is 4.57 Å². The van der Waals surface area contributed by atoms with Crippen molar-refractivity contribution in [1.29, 1.82) is 0 Å². The number of rotatable bonds is 5. The first-order valence-electron chi connectivity index (χ1n) is 19.2. The highest BCUT2D eigenvalue weighted by molar-refractivity contribution is 6.21. The zero-order valence-corrected chi connectivity index (χ0v) is 30.9. The van der Waals surface area contributed by atoms with Crippen molar-refractivity contribution in [2.24, 2.45) is 0 Å². The van der Waals surface area contributed by atoms with Gasteiger partial charge in [-0.05, 0) is 128 Å². The fourth-order valence-electron chi connectivity index (χ4n) is 9.21. The summed E-state index contributed by atoms with van der Waals surface area (Å²) >= 11 is 0. The molecule has 2 nitrogen and oxygen atoms in total. The summed E-state index contributed by atoms with van der Waals surface area (Å²) in [5.41, 5.74) is 14.7. The third kappa shape index (κ3) is 4.88. The minimum atomic E-state index is -0.0715. The van der Waals surface area contributed by atoms with Crippen LogP contribution in [0.2, 0.25) is 0 Å². The Hall–Kier alpha value is -6.90. The van der Waals surface area contributed by atoms with E-state index in [4.69, 9.17) is 0 Å². The highest BCUT2D eigenvalue weighted by Crippen LogP contribution is 2.52. The van der Waals surface area contributed by atoms with E-state index in [0.29, 0.717) is 0 Å². The molecular formula is C53H38N2. The maximum absolute atomic E-state index is 2.40. The number of para-hydroxylation sites is 2. The molecule has 9 aromatic carbocycles. The highest BCUT2D eigenvalue weighted by atomic mass is 15.1. The predicted molar refractivity (Wildman–Crippen MR) is 233 cm³/mol. The number of hydrogen-bond acceptors (Lipinski definition) is 1. The molecule has 0 fully saturated rings. The molecule has 11 rings (SSSR count). The topological polar surface area (TPSA) is 8.17 Å². The van der Waals surface area contributed by atoms with Gasteiger partial charge in [0.15, 0.2) is 0 Å². The van der Waals surface area contributed by atoms with Gasteiger partial charge < -0.3 is 9.47 Å². The van der Waals surface area contributed by atoms with E-state index < -0.39 is 0 Å². The number of fused-ring (bicyclic) bond motifs is 9. The minimum absolute atomic E-state index is 0.0715. The molecule has 0 aliphatic heterocycles. The Bertz CT molecular complexity index is 3100. The molecule has 0 saturated carbocycles. The van der Waals surface area contributed by atoms with Gasteiger partial charge in [-0.3, -0.25) is 0 Å². The maximum Gasteiger partial charge on any atom is 0.0547 e. The Kier molecular flexibility index (Phi) is 6.93. The number of hydrogen-bond donors (Lipinski definition) is 0. The molecule has 0 amide bonds. The summed E-state index contributed by atoms with van der Waals surface area (Å²) in [6.07, 6.45) is 0. The van der Waals surface area contributed by atoms with Gasteiger partial charge in [0.1, 0.15) is 0 Å². The molecule has 1 aliphatic carbocycles. The molecule has 55 heavy (non-hydrogen) atoms. The Morgan fingerprint density at radius 2 is 0.982 bits per heavy atom. The average molecular weight is 703 g/mol. The summed E-state index contributed by atoms with van der Waals surface area (Å²) in [6.45, 7) is 4.72. The van der Waals surface area contributed by atoms with E-state index in [-0.39, 0.29) is 5.41 Å². The van der Waals surface area contributed by atoms with Crippen molar-refractivity contribution < 1.29 is 0 Å². The zero-order chi connectivity index (χ0) is 36.7. The lowest BCUT2D eigenvalue weighted by molar-refractivity contribution is 0.661. The second kappa shape index (κ2) is 12.1. The first-order valence-corrected chi connectivity index (χ1v) is 19.2. The molecule has 260 valence electrons. The van der Waals surface area contributed by atoms with Crippen LogP contribution in [0.25, 0.3) is 71.3 Å². The van der Waals surface area contributed by atoms with Crippen molar-refractivity contribution >= 4 is 60.4 Å². The quantitative estimate of drug-likeness (QED) is 0.173. The summed E-state index contributed by atoms with van der Waals surface area (Å²) < 4.78 is 2.40. The van der Waals surface area contributed by atoms with Gasteiger partial charge in [-0.25, -0.2) is 0 Å². The Morgan fingerprint density at radius 1 is 0.400 bits per heavy atom. The van der Waals surface area contributed by atoms with Crippen molar-refractivity contribution in [3.05, 3.63) is 205 Å². The molecule has 0 spiro atoms. The van der Waals surface area contributed by atoms with Gasteiger partial charge in [-0.15, -0.1) is 0 Å². The second-order valence-corrected chi connectivity index (χ2v) is 15.4. The van der Waals surface area contributed by atoms with E-state index >= 15 is 0 Å². The van der Waals surface area contributed by atoms with Crippen molar-refractivity contribution in [3.8, 4) is 27.9 Å². The van der Waals surface area contributed by atoms with Crippen LogP contribution in [-0.2, 0) is 5.41 Å². The summed E-state index contributed by atoms with van der Waals surface area (Å²) in [5, 5.41) is 7.72. The van der Waals surface area contributed by atoms with Gasteiger partial charge in [0.25, 0.3) is 0 Å². The van der Waals surface area contributed by atoms with Gasteiger partial charge >= 0.3 is 0 Å². The van der Waals surface area contributed by atoms with Crippen LogP contribution in [0.4, 0.5) is 17.1 Å². The van der Waals surface area contributed by atoms with Crippen LogP contribution in [0.15, 0.2) is 194 Å². The lowest BCUT2D eigenvalue weighted by Crippen LogP contribution is -2.15. The van der Waals surface area contributed by atoms with Gasteiger partial charge in [0.05, 0.1) is 11.0 Å². The monoisotopic (exact) mass is 702 g/mol. The first-order chi connectivity index (χ1) is 27.0. The molecule has 1 aliphatic rings. The van der Waals surface area contributed by atoms with E-state index in [1.165, 1.54) is 76.7 Å². The third-order valence-corrected chi connectivity index (χ3v) is 11.9. The Morgan fingerprint density at radius 3 is 1.75 bits per heavy atom. The summed E-state index contributed by atoms with van der Waals surface area (Å²) in [7, 11) is 0. The second-order valence-electron chi connectivity index (χ2n) is 15.4. The molecule has 0 atom stereocenters. The number of anilines is 3. The van der Waals surface area contributed by atoms with E-state index in [2.05, 4.69) is 217 Å². The van der Waals surface area contributed by atoms with Crippen molar-refractivity contribution in [2.45, 2.75) is 19.3 Å². The summed E-state index contributed by atoms with van der Waals surface area (Å²) in [6, 6.07) is 71.3. The van der Waals surface area contributed by atoms with E-state index in [9.17, 15) is 0 Å². The lowest BCUT2D eigenvalue weighted by Gasteiger charge is -2.27. The molecule has 1 aromatic heterocycles.